The fourth-order valence-corrected chi connectivity index (χ4v) is 2.56. The molecule has 0 fully saturated rings. The maximum Gasteiger partial charge on any atom is 0.234 e. The zero-order valence-electron chi connectivity index (χ0n) is 13.3. The molecule has 0 saturated carbocycles. The first-order chi connectivity index (χ1) is 11.2. The molecule has 1 N–H and O–H groups in total. The number of aryl methyl sites for hydroxylation is 1. The molecule has 1 aromatic carbocycles. The first-order valence-corrected chi connectivity index (χ1v) is 8.06. The minimum atomic E-state index is -0.156. The standard InChI is InChI=1S/C14H19N5O3S/c1-4-5-19-14(16-17-18-19)23-9-13(20)15-10-6-11(21-2)8-12(7-10)22-3/h6-8H,4-5,9H2,1-3H3,(H,15,20). The molecule has 124 valence electrons. The number of rotatable bonds is 8. The van der Waals surface area contributed by atoms with E-state index in [1.165, 1.54) is 11.8 Å². The van der Waals surface area contributed by atoms with E-state index in [4.69, 9.17) is 9.47 Å². The molecular weight excluding hydrogens is 318 g/mol. The summed E-state index contributed by atoms with van der Waals surface area (Å²) in [6.07, 6.45) is 0.925. The van der Waals surface area contributed by atoms with Gasteiger partial charge in [-0.3, -0.25) is 4.79 Å². The molecular formula is C14H19N5O3S. The van der Waals surface area contributed by atoms with E-state index >= 15 is 0 Å². The summed E-state index contributed by atoms with van der Waals surface area (Å²) in [5, 5.41) is 14.9. The Bertz CT molecular complexity index is 639. The Labute approximate surface area is 138 Å². The number of anilines is 1. The third-order valence-electron chi connectivity index (χ3n) is 2.90. The molecule has 2 aromatic rings. The Morgan fingerprint density at radius 1 is 1.26 bits per heavy atom. The molecule has 0 aliphatic rings. The summed E-state index contributed by atoms with van der Waals surface area (Å²) in [5.41, 5.74) is 0.611. The van der Waals surface area contributed by atoms with Gasteiger partial charge in [0.1, 0.15) is 11.5 Å². The van der Waals surface area contributed by atoms with Gasteiger partial charge in [-0.15, -0.1) is 5.10 Å². The maximum atomic E-state index is 12.1. The molecule has 1 heterocycles. The SMILES string of the molecule is CCCn1nnnc1SCC(=O)Nc1cc(OC)cc(OC)c1. The van der Waals surface area contributed by atoms with E-state index in [1.54, 1.807) is 37.1 Å². The van der Waals surface area contributed by atoms with E-state index < -0.39 is 0 Å². The quantitative estimate of drug-likeness (QED) is 0.735. The smallest absolute Gasteiger partial charge is 0.234 e. The van der Waals surface area contributed by atoms with Gasteiger partial charge in [0.25, 0.3) is 0 Å². The first-order valence-electron chi connectivity index (χ1n) is 7.08. The highest BCUT2D eigenvalue weighted by molar-refractivity contribution is 7.99. The topological polar surface area (TPSA) is 91.2 Å². The number of hydrogen-bond acceptors (Lipinski definition) is 7. The van der Waals surface area contributed by atoms with Gasteiger partial charge in [-0.1, -0.05) is 18.7 Å². The third-order valence-corrected chi connectivity index (χ3v) is 3.86. The predicted octanol–water partition coefficient (Wildman–Crippen LogP) is 1.83. The van der Waals surface area contributed by atoms with Crippen molar-refractivity contribution in [2.75, 3.05) is 25.3 Å². The van der Waals surface area contributed by atoms with Crippen LogP contribution in [0.3, 0.4) is 0 Å². The van der Waals surface area contributed by atoms with Crippen LogP contribution in [0.1, 0.15) is 13.3 Å². The number of thioether (sulfide) groups is 1. The van der Waals surface area contributed by atoms with Gasteiger partial charge in [-0.25, -0.2) is 4.68 Å². The van der Waals surface area contributed by atoms with Gasteiger partial charge in [0, 0.05) is 30.4 Å². The van der Waals surface area contributed by atoms with Crippen LogP contribution in [0.15, 0.2) is 23.4 Å². The summed E-state index contributed by atoms with van der Waals surface area (Å²) in [4.78, 5) is 12.1. The van der Waals surface area contributed by atoms with E-state index in [9.17, 15) is 4.79 Å². The number of aromatic nitrogens is 4. The van der Waals surface area contributed by atoms with Gasteiger partial charge in [0.05, 0.1) is 20.0 Å². The van der Waals surface area contributed by atoms with Crippen molar-refractivity contribution in [2.24, 2.45) is 0 Å². The summed E-state index contributed by atoms with van der Waals surface area (Å²) in [5.74, 6) is 1.28. The number of benzene rings is 1. The van der Waals surface area contributed by atoms with Crippen LogP contribution in [-0.2, 0) is 11.3 Å². The summed E-state index contributed by atoms with van der Waals surface area (Å²) in [6, 6.07) is 5.20. The lowest BCUT2D eigenvalue weighted by Gasteiger charge is -2.09. The van der Waals surface area contributed by atoms with Crippen LogP contribution in [0.4, 0.5) is 5.69 Å². The Kier molecular flexibility index (Phi) is 6.21. The van der Waals surface area contributed by atoms with Crippen LogP contribution >= 0.6 is 11.8 Å². The number of carbonyl (C=O) groups excluding carboxylic acids is 1. The highest BCUT2D eigenvalue weighted by atomic mass is 32.2. The zero-order chi connectivity index (χ0) is 16.7. The second-order valence-electron chi connectivity index (χ2n) is 4.62. The Morgan fingerprint density at radius 2 is 1.96 bits per heavy atom. The fourth-order valence-electron chi connectivity index (χ4n) is 1.86. The molecule has 0 atom stereocenters. The lowest BCUT2D eigenvalue weighted by Crippen LogP contribution is -2.15. The normalized spacial score (nSPS) is 10.4. The summed E-state index contributed by atoms with van der Waals surface area (Å²) < 4.78 is 12.0. The number of tetrazole rings is 1. The summed E-state index contributed by atoms with van der Waals surface area (Å²) in [7, 11) is 3.12. The van der Waals surface area contributed by atoms with Crippen molar-refractivity contribution in [3.05, 3.63) is 18.2 Å². The number of methoxy groups -OCH3 is 2. The number of nitrogens with zero attached hydrogens (tertiary/aromatic N) is 4. The minimum Gasteiger partial charge on any atom is -0.497 e. The van der Waals surface area contributed by atoms with Crippen LogP contribution in [0.2, 0.25) is 0 Å². The average Bonchev–Trinajstić information content (AvgIpc) is 3.00. The van der Waals surface area contributed by atoms with Crippen molar-refractivity contribution in [2.45, 2.75) is 25.0 Å². The van der Waals surface area contributed by atoms with Crippen molar-refractivity contribution in [1.29, 1.82) is 0 Å². The molecule has 0 radical (unpaired) electrons. The van der Waals surface area contributed by atoms with Gasteiger partial charge in [-0.05, 0) is 16.8 Å². The third kappa shape index (κ3) is 4.85. The average molecular weight is 337 g/mol. The zero-order valence-corrected chi connectivity index (χ0v) is 14.1. The van der Waals surface area contributed by atoms with E-state index in [1.807, 2.05) is 6.92 Å². The number of ether oxygens (including phenoxy) is 2. The van der Waals surface area contributed by atoms with Crippen LogP contribution in [0, 0.1) is 0 Å². The molecule has 23 heavy (non-hydrogen) atoms. The van der Waals surface area contributed by atoms with E-state index in [0.29, 0.717) is 22.3 Å². The van der Waals surface area contributed by atoms with E-state index in [2.05, 4.69) is 20.8 Å². The second-order valence-corrected chi connectivity index (χ2v) is 5.57. The Morgan fingerprint density at radius 3 is 2.57 bits per heavy atom. The number of nitrogens with one attached hydrogen (secondary N) is 1. The van der Waals surface area contributed by atoms with Crippen LogP contribution in [-0.4, -0.2) is 46.1 Å². The highest BCUT2D eigenvalue weighted by Gasteiger charge is 2.11. The molecule has 9 heteroatoms. The number of carbonyl (C=O) groups is 1. The molecule has 0 spiro atoms. The molecule has 8 nitrogen and oxygen atoms in total. The Hall–Kier alpha value is -2.29. The predicted molar refractivity (Wildman–Crippen MR) is 87.0 cm³/mol. The summed E-state index contributed by atoms with van der Waals surface area (Å²) in [6.45, 7) is 2.77. The molecule has 1 aromatic heterocycles. The Balaban J connectivity index is 1.95. The molecule has 0 saturated heterocycles. The van der Waals surface area contributed by atoms with Crippen molar-refractivity contribution in [3.8, 4) is 11.5 Å². The van der Waals surface area contributed by atoms with Crippen molar-refractivity contribution in [3.63, 3.8) is 0 Å². The monoisotopic (exact) mass is 337 g/mol. The minimum absolute atomic E-state index is 0.156. The second kappa shape index (κ2) is 8.37. The van der Waals surface area contributed by atoms with Gasteiger partial charge < -0.3 is 14.8 Å². The molecule has 0 aliphatic carbocycles. The number of hydrogen-bond donors (Lipinski definition) is 1. The van der Waals surface area contributed by atoms with Gasteiger partial charge in [-0.2, -0.15) is 0 Å². The van der Waals surface area contributed by atoms with E-state index in [0.717, 1.165) is 13.0 Å². The maximum absolute atomic E-state index is 12.1. The molecule has 1 amide bonds. The van der Waals surface area contributed by atoms with E-state index in [-0.39, 0.29) is 11.7 Å². The number of amides is 1. The lowest BCUT2D eigenvalue weighted by atomic mass is 10.2. The fraction of sp³-hybridized carbons (Fsp3) is 0.429. The molecule has 0 aliphatic heterocycles. The van der Waals surface area contributed by atoms with Crippen LogP contribution in [0.25, 0.3) is 0 Å². The molecule has 2 rings (SSSR count). The van der Waals surface area contributed by atoms with Gasteiger partial charge >= 0.3 is 0 Å². The lowest BCUT2D eigenvalue weighted by molar-refractivity contribution is -0.113. The first kappa shape index (κ1) is 17.1. The molecule has 0 unspecified atom stereocenters. The summed E-state index contributed by atoms with van der Waals surface area (Å²) >= 11 is 1.29. The highest BCUT2D eigenvalue weighted by Crippen LogP contribution is 2.26. The van der Waals surface area contributed by atoms with Crippen LogP contribution in [0.5, 0.6) is 11.5 Å². The van der Waals surface area contributed by atoms with Gasteiger partial charge in [0.2, 0.25) is 11.1 Å². The largest absolute Gasteiger partial charge is 0.497 e. The van der Waals surface area contributed by atoms with Crippen molar-refractivity contribution >= 4 is 23.4 Å². The van der Waals surface area contributed by atoms with Gasteiger partial charge in [0.15, 0.2) is 0 Å². The van der Waals surface area contributed by atoms with Crippen molar-refractivity contribution in [1.82, 2.24) is 20.2 Å². The molecule has 0 bridgehead atoms. The van der Waals surface area contributed by atoms with Crippen molar-refractivity contribution < 1.29 is 14.3 Å². The van der Waals surface area contributed by atoms with Crippen LogP contribution < -0.4 is 14.8 Å².